The van der Waals surface area contributed by atoms with Crippen LogP contribution in [0.2, 0.25) is 0 Å². The van der Waals surface area contributed by atoms with Crippen molar-refractivity contribution >= 4 is 45.0 Å². The van der Waals surface area contributed by atoms with Gasteiger partial charge in [0.2, 0.25) is 23.1 Å². The molecule has 0 spiro atoms. The van der Waals surface area contributed by atoms with Gasteiger partial charge < -0.3 is 50.4 Å². The van der Waals surface area contributed by atoms with Gasteiger partial charge in [0.15, 0.2) is 0 Å². The summed E-state index contributed by atoms with van der Waals surface area (Å²) < 4.78 is 25.9. The van der Waals surface area contributed by atoms with Crippen LogP contribution in [0, 0.1) is 11.8 Å². The van der Waals surface area contributed by atoms with Crippen molar-refractivity contribution in [2.45, 2.75) is 82.3 Å². The Balaban J connectivity index is 0.769. The van der Waals surface area contributed by atoms with E-state index in [1.807, 2.05) is 57.5 Å². The Bertz CT molecular complexity index is 2640. The smallest absolute Gasteiger partial charge is 0.243 e. The predicted molar refractivity (Wildman–Crippen MR) is 293 cm³/mol. The lowest BCUT2D eigenvalue weighted by Crippen LogP contribution is -2.53. The first-order valence-corrected chi connectivity index (χ1v) is 27.1. The first kappa shape index (κ1) is 55.8. The molecular formula is C57H78N9O7S+. The van der Waals surface area contributed by atoms with Crippen LogP contribution in [0.25, 0.3) is 20.8 Å². The number of aromatic nitrogens is 2. The Morgan fingerprint density at radius 3 is 2.34 bits per heavy atom. The quantitative estimate of drug-likeness (QED) is 0.0263. The molecule has 74 heavy (non-hydrogen) atoms. The number of amides is 3. The van der Waals surface area contributed by atoms with Gasteiger partial charge in [-0.2, -0.15) is 0 Å². The predicted octanol–water partition coefficient (Wildman–Crippen LogP) is 5.94. The van der Waals surface area contributed by atoms with Crippen LogP contribution >= 0.6 is 11.3 Å². The molecule has 1 saturated carbocycles. The Kier molecular flexibility index (Phi) is 21.6. The zero-order valence-corrected chi connectivity index (χ0v) is 44.7. The van der Waals surface area contributed by atoms with E-state index in [1.165, 1.54) is 32.1 Å². The molecule has 4 aliphatic rings. The van der Waals surface area contributed by atoms with E-state index in [1.54, 1.807) is 30.8 Å². The highest BCUT2D eigenvalue weighted by Crippen LogP contribution is 2.40. The molecule has 16 nitrogen and oxygen atoms in total. The summed E-state index contributed by atoms with van der Waals surface area (Å²) in [6, 6.07) is 22.5. The van der Waals surface area contributed by atoms with Gasteiger partial charge in [-0.1, -0.05) is 56.9 Å². The SMILES string of the molecule is C=C(CC(N)c1ccccc1OC)N1CC(C2CCCCC2)C[C@H]1C(=O)NC(Cc1ccncc1)C(=O)NCCOCCOCCOCCNC(=O)CCCN(C)c1ccc2nc3ccc(=[N+](C)C)cc-3sc2c1. The number of hydrogen-bond acceptors (Lipinski definition) is 13. The third kappa shape index (κ3) is 16.3. The van der Waals surface area contributed by atoms with E-state index in [0.717, 1.165) is 73.9 Å². The number of carbonyl (C=O) groups is 3. The highest BCUT2D eigenvalue weighted by molar-refractivity contribution is 7.21. The van der Waals surface area contributed by atoms with E-state index in [9.17, 15) is 14.4 Å². The Hall–Kier alpha value is -5.98. The lowest BCUT2D eigenvalue weighted by molar-refractivity contribution is -0.131. The van der Waals surface area contributed by atoms with Crippen molar-refractivity contribution in [3.63, 3.8) is 0 Å². The molecule has 0 radical (unpaired) electrons. The largest absolute Gasteiger partial charge is 0.496 e. The van der Waals surface area contributed by atoms with Crippen molar-refractivity contribution in [3.8, 4) is 16.3 Å². The molecule has 1 aromatic heterocycles. The summed E-state index contributed by atoms with van der Waals surface area (Å²) in [5, 5.41) is 10.2. The van der Waals surface area contributed by atoms with E-state index in [-0.39, 0.29) is 36.9 Å². The van der Waals surface area contributed by atoms with E-state index < -0.39 is 12.1 Å². The number of rotatable bonds is 28. The van der Waals surface area contributed by atoms with Gasteiger partial charge in [-0.05, 0) is 72.7 Å². The number of pyridine rings is 1. The van der Waals surface area contributed by atoms with Gasteiger partial charge >= 0.3 is 0 Å². The van der Waals surface area contributed by atoms with E-state index >= 15 is 0 Å². The second-order valence-electron chi connectivity index (χ2n) is 19.7. The topological polar surface area (TPSA) is 186 Å². The summed E-state index contributed by atoms with van der Waals surface area (Å²) in [6.07, 6.45) is 12.0. The van der Waals surface area contributed by atoms with Crippen LogP contribution in [-0.2, 0) is 35.0 Å². The van der Waals surface area contributed by atoms with E-state index in [4.69, 9.17) is 29.7 Å². The second-order valence-corrected chi connectivity index (χ2v) is 20.8. The number of fused-ring (bicyclic) bond motifs is 2. The maximum Gasteiger partial charge on any atom is 0.243 e. The molecule has 7 rings (SSSR count). The average molecular weight is 1030 g/mol. The fourth-order valence-electron chi connectivity index (χ4n) is 10.1. The third-order valence-electron chi connectivity index (χ3n) is 14.2. The molecule has 17 heteroatoms. The minimum Gasteiger partial charge on any atom is -0.496 e. The maximum atomic E-state index is 14.4. The minimum absolute atomic E-state index is 0.00248. The van der Waals surface area contributed by atoms with Gasteiger partial charge in [0.25, 0.3) is 0 Å². The van der Waals surface area contributed by atoms with Crippen molar-refractivity contribution in [1.82, 2.24) is 35.4 Å². The van der Waals surface area contributed by atoms with Crippen molar-refractivity contribution in [2.24, 2.45) is 17.6 Å². The standard InChI is InChI=1S/C57H77N9O7S/c1-40(34-47(58)46-14-9-10-15-52(46)70-5)66-39-43(42-12-7-6-8-13-42)36-51(66)57(69)63-50(35-41-21-23-59-24-22-41)56(68)61-26-29-72-31-33-73-32-30-71-28-25-60-55(67)16-11-27-65(4)45-18-20-49-54(38-45)74-53-37-44(64(2)3)17-19-48(53)62-49/h9-10,14-15,17-24,37-38,42-43,47,50-51H,1,6-8,11-13,16,25-36,39,58H2,2-5H3,(H2-,60,61,63,67,68,69)/p+1/t43?,47?,50?,51-/m0/s1. The first-order valence-electron chi connectivity index (χ1n) is 26.3. The third-order valence-corrected chi connectivity index (χ3v) is 15.3. The molecule has 398 valence electrons. The van der Waals surface area contributed by atoms with Crippen LogP contribution in [0.1, 0.15) is 75.0 Å². The molecule has 3 aromatic rings. The molecule has 2 aromatic carbocycles. The lowest BCUT2D eigenvalue weighted by atomic mass is 9.79. The Morgan fingerprint density at radius 1 is 0.892 bits per heavy atom. The van der Waals surface area contributed by atoms with Gasteiger partial charge in [0.05, 0.1) is 67.5 Å². The number of hydrogen-bond donors (Lipinski definition) is 4. The fourth-order valence-corrected chi connectivity index (χ4v) is 11.1. The van der Waals surface area contributed by atoms with Crippen molar-refractivity contribution in [2.75, 3.05) is 99.0 Å². The first-order chi connectivity index (χ1) is 36.0. The fraction of sp³-hybridized carbons (Fsp3) is 0.509. The van der Waals surface area contributed by atoms with Crippen LogP contribution in [0.3, 0.4) is 0 Å². The molecule has 3 heterocycles. The number of nitrogens with zero attached hydrogens (tertiary/aromatic N) is 5. The van der Waals surface area contributed by atoms with E-state index in [2.05, 4.69) is 78.3 Å². The van der Waals surface area contributed by atoms with E-state index in [0.29, 0.717) is 77.1 Å². The number of nitrogens with one attached hydrogen (secondary N) is 3. The lowest BCUT2D eigenvalue weighted by Gasteiger charge is -2.31. The normalized spacial score (nSPS) is 16.7. The van der Waals surface area contributed by atoms with Gasteiger partial charge in [-0.15, -0.1) is 11.3 Å². The Labute approximate surface area is 441 Å². The van der Waals surface area contributed by atoms with Gasteiger partial charge in [0.1, 0.15) is 31.9 Å². The molecule has 3 unspecified atom stereocenters. The molecule has 2 aliphatic heterocycles. The van der Waals surface area contributed by atoms with Gasteiger partial charge in [-0.3, -0.25) is 19.4 Å². The maximum absolute atomic E-state index is 14.4. The van der Waals surface area contributed by atoms with Crippen molar-refractivity contribution in [1.29, 1.82) is 0 Å². The minimum atomic E-state index is -0.812. The Morgan fingerprint density at radius 2 is 1.61 bits per heavy atom. The molecule has 1 saturated heterocycles. The molecule has 2 fully saturated rings. The monoisotopic (exact) mass is 1030 g/mol. The number of benzene rings is 3. The second kappa shape index (κ2) is 28.6. The number of nitrogens with two attached hydrogens (primary N) is 1. The zero-order valence-electron chi connectivity index (χ0n) is 43.9. The van der Waals surface area contributed by atoms with Crippen LogP contribution in [0.5, 0.6) is 5.75 Å². The number of carbonyl (C=O) groups excluding carboxylic acids is 3. The van der Waals surface area contributed by atoms with Crippen LogP contribution < -0.4 is 41.3 Å². The number of para-hydroxylation sites is 1. The molecule has 2 aliphatic carbocycles. The summed E-state index contributed by atoms with van der Waals surface area (Å²) in [6.45, 7) is 8.80. The number of likely N-dealkylation sites (tertiary alicyclic amines) is 1. The molecule has 0 bridgehead atoms. The molecule has 3 amide bonds. The highest BCUT2D eigenvalue weighted by Gasteiger charge is 2.42. The number of anilines is 1. The van der Waals surface area contributed by atoms with Crippen molar-refractivity contribution in [3.05, 3.63) is 114 Å². The van der Waals surface area contributed by atoms with Crippen LogP contribution in [0.15, 0.2) is 97.5 Å². The number of methoxy groups -OCH3 is 1. The average Bonchev–Trinajstić information content (AvgIpc) is 3.88. The van der Waals surface area contributed by atoms with Gasteiger partial charge in [-0.25, -0.2) is 9.56 Å². The van der Waals surface area contributed by atoms with Gasteiger partial charge in [0, 0.05) is 100 Å². The molecule has 4 atom stereocenters. The summed E-state index contributed by atoms with van der Waals surface area (Å²) in [7, 11) is 7.77. The highest BCUT2D eigenvalue weighted by atomic mass is 32.1. The molecule has 5 N–H and O–H groups in total. The molecular weight excluding hydrogens is 955 g/mol. The summed E-state index contributed by atoms with van der Waals surface area (Å²) in [5.41, 5.74) is 12.4. The summed E-state index contributed by atoms with van der Waals surface area (Å²) in [4.78, 5) is 55.2. The summed E-state index contributed by atoms with van der Waals surface area (Å²) in [5.74, 6) is 1.15. The van der Waals surface area contributed by atoms with Crippen LogP contribution in [-0.4, -0.2) is 139 Å². The zero-order chi connectivity index (χ0) is 52.2. The van der Waals surface area contributed by atoms with Crippen LogP contribution in [0.4, 0.5) is 5.69 Å². The van der Waals surface area contributed by atoms with Crippen molar-refractivity contribution < 1.29 is 33.3 Å². The summed E-state index contributed by atoms with van der Waals surface area (Å²) >= 11 is 1.74. The number of ether oxygens (including phenoxy) is 4.